The Morgan fingerprint density at radius 3 is 0.972 bits per heavy atom. The molecule has 0 bridgehead atoms. The molecular formula is C103H90Cl6F2N18O15. The molecule has 1 unspecified atom stereocenters. The molecule has 21 rings (SSSR count). The van der Waals surface area contributed by atoms with E-state index in [1.54, 1.807) is 190 Å². The van der Waals surface area contributed by atoms with E-state index in [0.29, 0.717) is 200 Å². The van der Waals surface area contributed by atoms with Crippen LogP contribution in [0.2, 0.25) is 30.1 Å². The Bertz CT molecular complexity index is 7740. The van der Waals surface area contributed by atoms with Gasteiger partial charge < -0.3 is 104 Å². The lowest BCUT2D eigenvalue weighted by Gasteiger charge is -2.35. The first kappa shape index (κ1) is 102. The molecule has 3 fully saturated rings. The molecule has 18 aromatic rings. The van der Waals surface area contributed by atoms with Crippen LogP contribution in [0.3, 0.4) is 0 Å². The fourth-order valence-corrected chi connectivity index (χ4v) is 17.9. The molecule has 0 saturated carbocycles. The second kappa shape index (κ2) is 45.0. The van der Waals surface area contributed by atoms with Gasteiger partial charge in [-0.05, 0) is 177 Å². The summed E-state index contributed by atoms with van der Waals surface area (Å²) < 4.78 is 37.0. The first-order chi connectivity index (χ1) is 69.3. The van der Waals surface area contributed by atoms with Crippen molar-refractivity contribution in [2.24, 2.45) is 23.1 Å². The molecule has 1 atom stereocenters. The average Bonchev–Trinajstić information content (AvgIpc) is 1.64. The van der Waals surface area contributed by atoms with E-state index in [0.717, 1.165) is 47.2 Å². The number of nitrogens with two attached hydrogens (primary N) is 3. The number of amides is 6. The normalized spacial score (nSPS) is 13.6. The molecule has 3 saturated heterocycles. The van der Waals surface area contributed by atoms with Crippen LogP contribution >= 0.6 is 69.6 Å². The lowest BCUT2D eigenvalue weighted by atomic mass is 9.97. The molecule has 0 radical (unpaired) electrons. The van der Waals surface area contributed by atoms with Crippen molar-refractivity contribution in [2.45, 2.75) is 71.1 Å². The Morgan fingerprint density at radius 2 is 0.625 bits per heavy atom. The summed E-state index contributed by atoms with van der Waals surface area (Å²) in [4.78, 5) is 104. The SMILES string of the molecule is NC(=O)c1ccc2nc(-c3ccc(Cl)cc3Cl)c(CO)n2c1.NC(=O)c1ccc2nc(-c3ccc(F)cc3F)c(CO)n2c1.NC(=O)c1ccn2c(CO)c(-c3ccc(Cl)cc3)nc2c1.O=C(c1ccc2nc(-c3ccc(Cl)cc3)c(CO)n2c1)N1CC(O)C1.O=C(c1ccc2nc(-c3ccc(Cl)cc3)c(CO)n2c1)N1CCC(CO)CC1.O=C(c1ccc2nc(-c3ccc(Cl)cc3)c(CO)n2c1)N1CCC(O)C1. The minimum atomic E-state index is -0.784. The van der Waals surface area contributed by atoms with Gasteiger partial charge in [-0.25, -0.2) is 38.7 Å². The lowest BCUT2D eigenvalue weighted by Crippen LogP contribution is -2.53. The maximum atomic E-state index is 13.9. The number of nitrogens with zero attached hydrogens (tertiary/aromatic N) is 15. The number of fused-ring (bicyclic) bond motifs is 6. The number of piperidine rings is 1. The molecule has 0 aliphatic carbocycles. The van der Waals surface area contributed by atoms with Crippen molar-refractivity contribution in [1.82, 2.24) is 71.0 Å². The number of imidazole rings is 6. The van der Waals surface area contributed by atoms with Gasteiger partial charge in [0.2, 0.25) is 17.7 Å². The summed E-state index contributed by atoms with van der Waals surface area (Å²) in [5, 5.41) is 90.3. The van der Waals surface area contributed by atoms with Gasteiger partial charge >= 0.3 is 0 Å². The van der Waals surface area contributed by atoms with E-state index < -0.39 is 48.2 Å². The smallest absolute Gasteiger partial charge is 0.255 e. The zero-order chi connectivity index (χ0) is 102. The summed E-state index contributed by atoms with van der Waals surface area (Å²) in [6, 6.07) is 57.1. The highest BCUT2D eigenvalue weighted by molar-refractivity contribution is 6.36. The number of benzene rings is 6. The van der Waals surface area contributed by atoms with E-state index in [9.17, 15) is 83.5 Å². The van der Waals surface area contributed by atoms with Crippen molar-refractivity contribution >= 4 is 139 Å². The van der Waals surface area contributed by atoms with Gasteiger partial charge in [-0.1, -0.05) is 118 Å². The van der Waals surface area contributed by atoms with E-state index in [4.69, 9.17) is 86.8 Å². The number of hydrogen-bond donors (Lipinski definition) is 12. The Kier molecular flexibility index (Phi) is 32.0. The monoisotopic (exact) mass is 2070 g/mol. The molecule has 144 heavy (non-hydrogen) atoms. The molecule has 12 aromatic heterocycles. The number of primary amides is 3. The molecule has 3 aliphatic heterocycles. The van der Waals surface area contributed by atoms with E-state index in [1.807, 2.05) is 53.4 Å². The van der Waals surface area contributed by atoms with Gasteiger partial charge in [-0.3, -0.25) is 28.8 Å². The van der Waals surface area contributed by atoms with Crippen LogP contribution in [-0.2, 0) is 39.6 Å². The quantitative estimate of drug-likeness (QED) is 0.0358. The molecular weight excluding hydrogens is 1980 g/mol. The third-order valence-electron chi connectivity index (χ3n) is 24.4. The summed E-state index contributed by atoms with van der Waals surface area (Å²) in [7, 11) is 0. The summed E-state index contributed by atoms with van der Waals surface area (Å²) >= 11 is 35.8. The number of hydrogen-bond acceptors (Lipinski definition) is 21. The van der Waals surface area contributed by atoms with Crippen LogP contribution in [0.15, 0.2) is 243 Å². The third kappa shape index (κ3) is 22.3. The second-order valence-corrected chi connectivity index (χ2v) is 36.2. The summed E-state index contributed by atoms with van der Waals surface area (Å²) in [5.41, 5.74) is 32.5. The molecule has 3 aliphatic rings. The zero-order valence-electron chi connectivity index (χ0n) is 76.1. The van der Waals surface area contributed by atoms with Crippen molar-refractivity contribution in [2.75, 3.05) is 45.9 Å². The maximum absolute atomic E-state index is 13.9. The van der Waals surface area contributed by atoms with Crippen LogP contribution in [0.1, 0.15) is 116 Å². The molecule has 6 aromatic carbocycles. The van der Waals surface area contributed by atoms with Crippen LogP contribution in [-0.4, -0.2) is 210 Å². The van der Waals surface area contributed by atoms with Crippen LogP contribution < -0.4 is 17.2 Å². The first-order valence-corrected chi connectivity index (χ1v) is 47.0. The van der Waals surface area contributed by atoms with Crippen molar-refractivity contribution in [1.29, 1.82) is 0 Å². The molecule has 33 nitrogen and oxygen atoms in total. The number of β-amino-alcohol motifs (C(OH)–C–C–N with tert-alkyl or cyclic N) is 2. The number of likely N-dealkylation sites (tertiary alicyclic amines) is 3. The number of aromatic nitrogens is 12. The summed E-state index contributed by atoms with van der Waals surface area (Å²) in [6.45, 7) is 1.58. The van der Waals surface area contributed by atoms with E-state index in [2.05, 4.69) is 29.9 Å². The van der Waals surface area contributed by atoms with Crippen molar-refractivity contribution in [3.05, 3.63) is 353 Å². The number of rotatable bonds is 19. The number of pyridine rings is 6. The van der Waals surface area contributed by atoms with Crippen molar-refractivity contribution < 1.29 is 83.5 Å². The number of aliphatic hydroxyl groups is 9. The summed E-state index contributed by atoms with van der Waals surface area (Å²) in [6.07, 6.45) is 11.1. The van der Waals surface area contributed by atoms with Gasteiger partial charge in [0.1, 0.15) is 45.5 Å². The predicted molar refractivity (Wildman–Crippen MR) is 539 cm³/mol. The minimum Gasteiger partial charge on any atom is -0.396 e. The maximum Gasteiger partial charge on any atom is 0.255 e. The largest absolute Gasteiger partial charge is 0.396 e. The Morgan fingerprint density at radius 1 is 0.312 bits per heavy atom. The fraction of sp³-hybridized carbons (Fsp3) is 0.184. The van der Waals surface area contributed by atoms with E-state index in [1.165, 1.54) is 28.8 Å². The van der Waals surface area contributed by atoms with E-state index >= 15 is 0 Å². The van der Waals surface area contributed by atoms with Crippen LogP contribution in [0.5, 0.6) is 0 Å². The molecule has 15 heterocycles. The van der Waals surface area contributed by atoms with Gasteiger partial charge in [0.25, 0.3) is 17.7 Å². The van der Waals surface area contributed by atoms with Crippen molar-refractivity contribution in [3.8, 4) is 67.5 Å². The van der Waals surface area contributed by atoms with E-state index in [-0.39, 0.29) is 85.8 Å². The standard InChI is InChI=1S/C21H22ClN3O3.C19H18ClN3O3.C18H16ClN3O3.C15H11Cl2N3O2.C15H12ClN3O2.C15H11F2N3O2/c22-17-4-1-15(2-5-17)20-18(13-27)25-11-16(3-6-19(25)23-20)21(28)24-9-7-14(12-26)8-10-24;20-14-4-1-12(2-5-14)18-16(11-24)23-9-13(3-6-17(23)21-18)19(26)22-8-7-15(25)10-22;19-13-4-1-11(2-5-13)17-15(10-23)22-7-12(3-6-16(22)20-17)18(25)21-8-14(24)9-21;16-9-2-3-10(11(17)5-9)14-12(7-21)20-6-8(15(18)22)1-4-13(20)19-14;16-11-3-1-9(2-4-11)14-12(8-20)19-6-5-10(15(17)21)7-13(19)18-14;16-9-2-3-10(11(17)5-9)14-12(7-21)20-6-8(15(18)22)1-4-13(20)19-14/h1-6,11,14,26-27H,7-10,12-13H2;1-6,9,15,24-25H,7-8,10-11H2;1-7,14,23-24H,8-10H2;1-6,21H,7H2,(H2,18,22);1-7,20H,8H2,(H2,17,21);1-6,21H,7H2,(H2,18,22). The number of halogens is 8. The highest BCUT2D eigenvalue weighted by atomic mass is 35.5. The van der Waals surface area contributed by atoms with Crippen LogP contribution in [0.4, 0.5) is 8.78 Å². The fourth-order valence-electron chi connectivity index (χ4n) is 16.9. The van der Waals surface area contributed by atoms with Crippen LogP contribution in [0.25, 0.3) is 101 Å². The lowest BCUT2D eigenvalue weighted by molar-refractivity contribution is 0.00585. The number of aliphatic hydroxyl groups excluding tert-OH is 9. The van der Waals surface area contributed by atoms with Gasteiger partial charge in [0.15, 0.2) is 0 Å². The van der Waals surface area contributed by atoms with Gasteiger partial charge in [-0.15, -0.1) is 0 Å². The minimum absolute atomic E-state index is 0.0380. The number of carbonyl (C=O) groups excluding carboxylic acids is 6. The number of carbonyl (C=O) groups is 6. The zero-order valence-corrected chi connectivity index (χ0v) is 80.6. The molecule has 738 valence electrons. The highest BCUT2D eigenvalue weighted by Gasteiger charge is 2.32. The Labute approximate surface area is 848 Å². The topological polar surface area (TPSA) is 476 Å². The predicted octanol–water partition coefficient (Wildman–Crippen LogP) is 14.3. The molecule has 0 spiro atoms. The van der Waals surface area contributed by atoms with Crippen LogP contribution in [0, 0.1) is 17.6 Å². The first-order valence-electron chi connectivity index (χ1n) is 44.8. The van der Waals surface area contributed by atoms with Crippen molar-refractivity contribution in [3.63, 3.8) is 0 Å². The molecule has 41 heteroatoms. The second-order valence-electron chi connectivity index (χ2n) is 33.6. The van der Waals surface area contributed by atoms with Gasteiger partial charge in [-0.2, -0.15) is 0 Å². The molecule has 15 N–H and O–H groups in total. The Hall–Kier alpha value is -14.5. The Balaban J connectivity index is 0.000000124. The molecule has 6 amide bonds. The summed E-state index contributed by atoms with van der Waals surface area (Å²) in [5.74, 6) is -3.21. The average molecular weight is 2070 g/mol. The van der Waals surface area contributed by atoms with Gasteiger partial charge in [0, 0.05) is 153 Å². The van der Waals surface area contributed by atoms with Gasteiger partial charge in [0.05, 0.1) is 153 Å². The third-order valence-corrected chi connectivity index (χ3v) is 26.0. The highest BCUT2D eigenvalue weighted by Crippen LogP contribution is 2.37.